The Morgan fingerprint density at radius 1 is 0.175 bits per heavy atom. The summed E-state index contributed by atoms with van der Waals surface area (Å²) in [6.45, 7) is -0.413. The monoisotopic (exact) mass is 1440 g/mol. The largest absolute Gasteiger partial charge is 0.311 e. The molecular weight excluding hydrogens is 1380 g/mol. The van der Waals surface area contributed by atoms with Crippen molar-refractivity contribution >= 4 is 201 Å². The third kappa shape index (κ3) is 9.04. The Hall–Kier alpha value is -14.9. The molecule has 0 saturated carbocycles. The lowest BCUT2D eigenvalue weighted by Crippen LogP contribution is -2.65. The molecule has 8 heteroatoms. The molecule has 0 amide bonds. The lowest BCUT2D eigenvalue weighted by molar-refractivity contribution is 1.16. The highest BCUT2D eigenvalue weighted by Crippen LogP contribution is 2.53. The number of benzene rings is 19. The lowest BCUT2D eigenvalue weighted by Gasteiger charge is -2.47. The van der Waals surface area contributed by atoms with Crippen molar-refractivity contribution in [3.05, 3.63) is 400 Å². The summed E-state index contributed by atoms with van der Waals surface area (Å²) in [7, 11) is 0. The molecule has 0 spiro atoms. The van der Waals surface area contributed by atoms with Gasteiger partial charge in [-0.25, -0.2) is 0 Å². The second-order valence-corrected chi connectivity index (χ2v) is 31.0. The Labute approximate surface area is 659 Å². The third-order valence-corrected chi connectivity index (χ3v) is 25.1. The van der Waals surface area contributed by atoms with E-state index in [4.69, 9.17) is 0 Å². The van der Waals surface area contributed by atoms with Gasteiger partial charge in [-0.2, -0.15) is 0 Å². The van der Waals surface area contributed by atoms with Crippen molar-refractivity contribution in [2.75, 3.05) is 19.6 Å². The van der Waals surface area contributed by atoms with Crippen LogP contribution in [0.25, 0.3) is 120 Å². The molecular formula is C106H66B2N6. The molecule has 21 aromatic rings. The summed E-state index contributed by atoms with van der Waals surface area (Å²) in [5.74, 6) is 0. The topological polar surface area (TPSA) is 22.8 Å². The van der Waals surface area contributed by atoms with Crippen molar-refractivity contribution in [2.24, 2.45) is 0 Å². The van der Waals surface area contributed by atoms with E-state index in [1.165, 1.54) is 131 Å². The Bertz CT molecular complexity index is 7200. The Morgan fingerprint density at radius 3 is 0.895 bits per heavy atom. The zero-order valence-corrected chi connectivity index (χ0v) is 61.9. The minimum Gasteiger partial charge on any atom is -0.311 e. The van der Waals surface area contributed by atoms with Crippen LogP contribution in [-0.4, -0.2) is 22.6 Å². The minimum absolute atomic E-state index is 0.206. The first-order valence-electron chi connectivity index (χ1n) is 39.6. The highest BCUT2D eigenvalue weighted by atomic mass is 15.2. The molecule has 0 bridgehead atoms. The highest BCUT2D eigenvalue weighted by Gasteiger charge is 2.49. The molecule has 0 saturated heterocycles. The SMILES string of the molecule is c1ccc(N2c3ccccc3B3c4cc5c(cc4N(c4ccccc4)c4cc(-n6c7ccc(-c8cccc9ccccc89)cc7c7ccc8ccccc8c76)cc2c43)N(c2ccccc2)c2cc(-n3c4ccc(-c6cccc7ccccc67)cc4c4ccc6ccccc6c43)cc3c2B5c2ccccc2N3c2ccccc2)cc1. The quantitative estimate of drug-likeness (QED) is 0.141. The van der Waals surface area contributed by atoms with Crippen molar-refractivity contribution in [3.8, 4) is 33.6 Å². The fraction of sp³-hybridized carbons (Fsp3) is 0. The average molecular weight is 1450 g/mol. The molecule has 2 aromatic heterocycles. The fourth-order valence-electron chi connectivity index (χ4n) is 20.4. The second-order valence-electron chi connectivity index (χ2n) is 31.0. The highest BCUT2D eigenvalue weighted by molar-refractivity contribution is 7.03. The molecule has 0 unspecified atom stereocenters. The first kappa shape index (κ1) is 63.0. The molecule has 4 aliphatic rings. The number of hydrogen-bond acceptors (Lipinski definition) is 4. The maximum Gasteiger partial charge on any atom is 0.252 e. The van der Waals surface area contributed by atoms with E-state index in [0.29, 0.717) is 0 Å². The van der Waals surface area contributed by atoms with Crippen LogP contribution in [0.4, 0.5) is 68.2 Å². The fourth-order valence-corrected chi connectivity index (χ4v) is 20.4. The van der Waals surface area contributed by atoms with Gasteiger partial charge in [-0.15, -0.1) is 0 Å². The number of fused-ring (bicyclic) bond motifs is 20. The van der Waals surface area contributed by atoms with Gasteiger partial charge in [-0.1, -0.05) is 285 Å². The molecule has 0 atom stereocenters. The third-order valence-electron chi connectivity index (χ3n) is 25.1. The Kier molecular flexibility index (Phi) is 13.4. The summed E-state index contributed by atoms with van der Waals surface area (Å²) in [6, 6.07) is 151. The molecule has 6 nitrogen and oxygen atoms in total. The Morgan fingerprint density at radius 2 is 0.500 bits per heavy atom. The van der Waals surface area contributed by atoms with Crippen LogP contribution >= 0.6 is 0 Å². The number of anilines is 12. The molecule has 0 N–H and O–H groups in total. The maximum absolute atomic E-state index is 2.66. The molecule has 114 heavy (non-hydrogen) atoms. The van der Waals surface area contributed by atoms with Gasteiger partial charge >= 0.3 is 0 Å². The first-order chi connectivity index (χ1) is 56.6. The number of aromatic nitrogens is 2. The van der Waals surface area contributed by atoms with Gasteiger partial charge in [0.2, 0.25) is 0 Å². The summed E-state index contributed by atoms with van der Waals surface area (Å²) in [6.07, 6.45) is 0. The van der Waals surface area contributed by atoms with E-state index in [0.717, 1.165) is 90.7 Å². The van der Waals surface area contributed by atoms with Crippen molar-refractivity contribution in [1.29, 1.82) is 0 Å². The molecule has 0 fully saturated rings. The van der Waals surface area contributed by atoms with E-state index in [1.54, 1.807) is 0 Å². The zero-order chi connectivity index (χ0) is 74.4. The van der Waals surface area contributed by atoms with Crippen molar-refractivity contribution in [1.82, 2.24) is 9.13 Å². The molecule has 19 aromatic carbocycles. The van der Waals surface area contributed by atoms with Crippen LogP contribution in [0.5, 0.6) is 0 Å². The van der Waals surface area contributed by atoms with E-state index < -0.39 is 0 Å². The number of hydrogen-bond donors (Lipinski definition) is 0. The smallest absolute Gasteiger partial charge is 0.252 e. The first-order valence-corrected chi connectivity index (χ1v) is 39.6. The van der Waals surface area contributed by atoms with Crippen molar-refractivity contribution in [2.45, 2.75) is 0 Å². The van der Waals surface area contributed by atoms with Gasteiger partial charge < -0.3 is 28.7 Å². The lowest BCUT2D eigenvalue weighted by atomic mass is 9.30. The van der Waals surface area contributed by atoms with Gasteiger partial charge in [0.05, 0.1) is 33.4 Å². The standard InChI is InChI=1S/C106H66B2N6/c1-5-33-73(34-6-1)109-95-49-23-21-47-89(95)107-91-65-92-98(66-97(91)111(75-37-9-3-10-38-75)101-63-77(61-99(109)103(101)107)113-93-57-53-71(81-45-25-31-67-27-13-17-41-79(67)81)59-87(93)85-55-51-69-29-15-19-43-83(69)105(85)113)112(76-39-11-4-12-40-76)102-64-78(62-100-104(102)108(92)90-48-22-24-50-96(90)110(100)74-35-7-2-8-36-74)114-94-58-54-72(82-46-26-32-68-28-14-18-42-80(68)82)60-88(94)86-56-52-70-30-16-20-44-84(70)106(86)114/h1-66H. The average Bonchev–Trinajstić information content (AvgIpc) is 1.08. The van der Waals surface area contributed by atoms with Crippen molar-refractivity contribution in [3.63, 3.8) is 0 Å². The van der Waals surface area contributed by atoms with Crippen LogP contribution in [-0.2, 0) is 0 Å². The zero-order valence-electron chi connectivity index (χ0n) is 61.9. The molecule has 25 rings (SSSR count). The maximum atomic E-state index is 2.66. The van der Waals surface area contributed by atoms with Crippen LogP contribution in [0.15, 0.2) is 400 Å². The van der Waals surface area contributed by atoms with E-state index in [2.05, 4.69) is 429 Å². The second kappa shape index (κ2) is 24.3. The van der Waals surface area contributed by atoms with Gasteiger partial charge in [-0.3, -0.25) is 0 Å². The van der Waals surface area contributed by atoms with E-state index in [-0.39, 0.29) is 13.4 Å². The molecule has 4 aliphatic heterocycles. The van der Waals surface area contributed by atoms with Crippen LogP contribution in [0.1, 0.15) is 0 Å². The van der Waals surface area contributed by atoms with Gasteiger partial charge in [-0.05, 0) is 203 Å². The van der Waals surface area contributed by atoms with Crippen LogP contribution < -0.4 is 52.4 Å². The number of para-hydroxylation sites is 6. The number of nitrogens with zero attached hydrogens (tertiary/aromatic N) is 6. The predicted molar refractivity (Wildman–Crippen MR) is 484 cm³/mol. The normalized spacial score (nSPS) is 13.2. The summed E-state index contributed by atoms with van der Waals surface area (Å²) in [4.78, 5) is 10.4. The Balaban J connectivity index is 0.784. The molecule has 0 radical (unpaired) electrons. The summed E-state index contributed by atoms with van der Waals surface area (Å²) >= 11 is 0. The van der Waals surface area contributed by atoms with E-state index in [1.807, 2.05) is 0 Å². The van der Waals surface area contributed by atoms with Crippen LogP contribution in [0.3, 0.4) is 0 Å². The van der Waals surface area contributed by atoms with Gasteiger partial charge in [0.25, 0.3) is 13.4 Å². The summed E-state index contributed by atoms with van der Waals surface area (Å²) in [5, 5.41) is 14.5. The van der Waals surface area contributed by atoms with Crippen molar-refractivity contribution < 1.29 is 0 Å². The van der Waals surface area contributed by atoms with E-state index >= 15 is 0 Å². The number of rotatable bonds is 8. The molecule has 526 valence electrons. The van der Waals surface area contributed by atoms with Gasteiger partial charge in [0, 0.05) is 101 Å². The predicted octanol–water partition coefficient (Wildman–Crippen LogP) is 24.0. The molecule has 6 heterocycles. The van der Waals surface area contributed by atoms with Crippen LogP contribution in [0.2, 0.25) is 0 Å². The summed E-state index contributed by atoms with van der Waals surface area (Å²) < 4.78 is 5.18. The van der Waals surface area contributed by atoms with Gasteiger partial charge in [0.15, 0.2) is 0 Å². The molecule has 0 aliphatic carbocycles. The van der Waals surface area contributed by atoms with E-state index in [9.17, 15) is 0 Å². The minimum atomic E-state index is -0.206. The van der Waals surface area contributed by atoms with Gasteiger partial charge in [0.1, 0.15) is 0 Å². The van der Waals surface area contributed by atoms with Crippen LogP contribution in [0, 0.1) is 0 Å². The summed E-state index contributed by atoms with van der Waals surface area (Å²) in [5.41, 5.74) is 32.6.